The Balaban J connectivity index is 2.49. The Morgan fingerprint density at radius 3 is 2.93 bits per heavy atom. The monoisotopic (exact) mass is 200 g/mol. The summed E-state index contributed by atoms with van der Waals surface area (Å²) in [6.07, 6.45) is 0.972. The highest BCUT2D eigenvalue weighted by Gasteiger charge is 2.29. The topological polar surface area (TPSA) is 41.6 Å². The summed E-state index contributed by atoms with van der Waals surface area (Å²) in [4.78, 5) is 13.6. The quantitative estimate of drug-likeness (QED) is 0.709. The van der Waals surface area contributed by atoms with E-state index < -0.39 is 0 Å². The highest BCUT2D eigenvalue weighted by Crippen LogP contribution is 2.06. The second-order valence-corrected chi connectivity index (χ2v) is 3.77. The molecule has 1 N–H and O–H groups in total. The Labute approximate surface area is 85.6 Å². The minimum Gasteiger partial charge on any atom is -0.375 e. The van der Waals surface area contributed by atoms with E-state index in [0.29, 0.717) is 6.61 Å². The molecule has 1 aliphatic rings. The first-order chi connectivity index (χ1) is 6.66. The number of hydrogen-bond donors (Lipinski definition) is 1. The molecule has 4 nitrogen and oxygen atoms in total. The predicted molar refractivity (Wildman–Crippen MR) is 55.1 cm³/mol. The van der Waals surface area contributed by atoms with Crippen molar-refractivity contribution in [1.82, 2.24) is 10.2 Å². The fourth-order valence-electron chi connectivity index (χ4n) is 1.69. The van der Waals surface area contributed by atoms with Gasteiger partial charge in [-0.25, -0.2) is 0 Å². The molecule has 1 rings (SSSR count). The second-order valence-electron chi connectivity index (χ2n) is 3.77. The SMILES string of the molecule is CCCN(C)C(=O)[C@H]1NCCO[C@@H]1C. The Bertz CT molecular complexity index is 197. The third-order valence-corrected chi connectivity index (χ3v) is 2.52. The van der Waals surface area contributed by atoms with Crippen LogP contribution in [0, 0.1) is 0 Å². The smallest absolute Gasteiger partial charge is 0.242 e. The van der Waals surface area contributed by atoms with Crippen molar-refractivity contribution in [3.05, 3.63) is 0 Å². The van der Waals surface area contributed by atoms with Gasteiger partial charge in [0.15, 0.2) is 0 Å². The van der Waals surface area contributed by atoms with Gasteiger partial charge in [-0.15, -0.1) is 0 Å². The zero-order valence-corrected chi connectivity index (χ0v) is 9.25. The third-order valence-electron chi connectivity index (χ3n) is 2.52. The molecule has 1 saturated heterocycles. The van der Waals surface area contributed by atoms with E-state index in [1.165, 1.54) is 0 Å². The van der Waals surface area contributed by atoms with Crippen LogP contribution < -0.4 is 5.32 Å². The average Bonchev–Trinajstić information content (AvgIpc) is 2.18. The summed E-state index contributed by atoms with van der Waals surface area (Å²) < 4.78 is 5.43. The fourth-order valence-corrected chi connectivity index (χ4v) is 1.69. The number of nitrogens with one attached hydrogen (secondary N) is 1. The molecule has 82 valence electrons. The van der Waals surface area contributed by atoms with E-state index in [1.54, 1.807) is 4.90 Å². The molecule has 14 heavy (non-hydrogen) atoms. The average molecular weight is 200 g/mol. The molecule has 0 aromatic heterocycles. The first-order valence-electron chi connectivity index (χ1n) is 5.26. The minimum atomic E-state index is -0.166. The van der Waals surface area contributed by atoms with Crippen LogP contribution in [0.2, 0.25) is 0 Å². The van der Waals surface area contributed by atoms with Gasteiger partial charge in [0.1, 0.15) is 6.04 Å². The Morgan fingerprint density at radius 2 is 2.36 bits per heavy atom. The summed E-state index contributed by atoms with van der Waals surface area (Å²) >= 11 is 0. The summed E-state index contributed by atoms with van der Waals surface area (Å²) in [5.41, 5.74) is 0. The standard InChI is InChI=1S/C10H20N2O2/c1-4-6-12(3)10(13)9-8(2)14-7-5-11-9/h8-9,11H,4-7H2,1-3H3/t8-,9+/m1/s1. The summed E-state index contributed by atoms with van der Waals surface area (Å²) in [6.45, 7) is 6.28. The van der Waals surface area contributed by atoms with Gasteiger partial charge < -0.3 is 15.0 Å². The van der Waals surface area contributed by atoms with Gasteiger partial charge >= 0.3 is 0 Å². The number of carbonyl (C=O) groups is 1. The van der Waals surface area contributed by atoms with Gasteiger partial charge in [-0.05, 0) is 13.3 Å². The molecular formula is C10H20N2O2. The number of ether oxygens (including phenoxy) is 1. The number of amides is 1. The van der Waals surface area contributed by atoms with E-state index in [0.717, 1.165) is 19.5 Å². The molecule has 2 atom stereocenters. The maximum atomic E-state index is 11.9. The van der Waals surface area contributed by atoms with Gasteiger partial charge in [0.25, 0.3) is 0 Å². The molecule has 0 saturated carbocycles. The van der Waals surface area contributed by atoms with Crippen LogP contribution in [0.5, 0.6) is 0 Å². The van der Waals surface area contributed by atoms with Crippen LogP contribution >= 0.6 is 0 Å². The lowest BCUT2D eigenvalue weighted by Gasteiger charge is -2.32. The van der Waals surface area contributed by atoms with Crippen molar-refractivity contribution >= 4 is 5.91 Å². The lowest BCUT2D eigenvalue weighted by molar-refractivity contribution is -0.138. The van der Waals surface area contributed by atoms with Crippen molar-refractivity contribution in [2.45, 2.75) is 32.4 Å². The van der Waals surface area contributed by atoms with Crippen molar-refractivity contribution in [3.8, 4) is 0 Å². The maximum absolute atomic E-state index is 11.9. The molecule has 0 spiro atoms. The van der Waals surface area contributed by atoms with Crippen molar-refractivity contribution in [2.24, 2.45) is 0 Å². The molecule has 1 heterocycles. The Kier molecular flexibility index (Phi) is 4.35. The molecule has 0 aliphatic carbocycles. The first kappa shape index (κ1) is 11.5. The van der Waals surface area contributed by atoms with E-state index in [9.17, 15) is 4.79 Å². The summed E-state index contributed by atoms with van der Waals surface area (Å²) in [5.74, 6) is 0.138. The predicted octanol–water partition coefficient (Wildman–Crippen LogP) is 0.232. The highest BCUT2D eigenvalue weighted by molar-refractivity contribution is 5.82. The largest absolute Gasteiger partial charge is 0.375 e. The number of carbonyl (C=O) groups excluding carboxylic acids is 1. The molecule has 1 amide bonds. The minimum absolute atomic E-state index is 0.0180. The molecule has 1 fully saturated rings. The molecule has 4 heteroatoms. The van der Waals surface area contributed by atoms with Crippen LogP contribution in [0.25, 0.3) is 0 Å². The van der Waals surface area contributed by atoms with Crippen LogP contribution in [0.15, 0.2) is 0 Å². The van der Waals surface area contributed by atoms with Crippen molar-refractivity contribution in [1.29, 1.82) is 0 Å². The third kappa shape index (κ3) is 2.69. The Morgan fingerprint density at radius 1 is 1.64 bits per heavy atom. The van der Waals surface area contributed by atoms with E-state index in [2.05, 4.69) is 12.2 Å². The first-order valence-corrected chi connectivity index (χ1v) is 5.26. The van der Waals surface area contributed by atoms with Crippen molar-refractivity contribution < 1.29 is 9.53 Å². The molecule has 0 unspecified atom stereocenters. The van der Waals surface area contributed by atoms with Gasteiger partial charge in [-0.1, -0.05) is 6.92 Å². The number of hydrogen-bond acceptors (Lipinski definition) is 3. The Hall–Kier alpha value is -0.610. The maximum Gasteiger partial charge on any atom is 0.242 e. The van der Waals surface area contributed by atoms with Crippen LogP contribution in [0.1, 0.15) is 20.3 Å². The van der Waals surface area contributed by atoms with Crippen LogP contribution in [0.3, 0.4) is 0 Å². The molecule has 0 aromatic rings. The highest BCUT2D eigenvalue weighted by atomic mass is 16.5. The molecule has 0 aromatic carbocycles. The van der Waals surface area contributed by atoms with E-state index >= 15 is 0 Å². The van der Waals surface area contributed by atoms with Crippen LogP contribution in [-0.4, -0.2) is 49.7 Å². The van der Waals surface area contributed by atoms with E-state index in [4.69, 9.17) is 4.74 Å². The molecular weight excluding hydrogens is 180 g/mol. The zero-order chi connectivity index (χ0) is 10.6. The van der Waals surface area contributed by atoms with Crippen LogP contribution in [0.4, 0.5) is 0 Å². The zero-order valence-electron chi connectivity index (χ0n) is 9.25. The van der Waals surface area contributed by atoms with Gasteiger partial charge in [0.2, 0.25) is 5.91 Å². The number of rotatable bonds is 3. The molecule has 1 aliphatic heterocycles. The van der Waals surface area contributed by atoms with Crippen molar-refractivity contribution in [2.75, 3.05) is 26.7 Å². The molecule has 0 bridgehead atoms. The summed E-state index contributed by atoms with van der Waals surface area (Å²) in [5, 5.41) is 3.19. The van der Waals surface area contributed by atoms with Gasteiger partial charge in [0.05, 0.1) is 12.7 Å². The van der Waals surface area contributed by atoms with Gasteiger partial charge in [-0.3, -0.25) is 4.79 Å². The number of likely N-dealkylation sites (N-methyl/N-ethyl adjacent to an activating group) is 1. The molecule has 0 radical (unpaired) electrons. The second kappa shape index (κ2) is 5.32. The lowest BCUT2D eigenvalue weighted by atomic mass is 10.1. The normalized spacial score (nSPS) is 27.4. The van der Waals surface area contributed by atoms with E-state index in [1.807, 2.05) is 14.0 Å². The summed E-state index contributed by atoms with van der Waals surface area (Å²) in [6, 6.07) is -0.166. The number of nitrogens with zero attached hydrogens (tertiary/aromatic N) is 1. The van der Waals surface area contributed by atoms with Crippen LogP contribution in [-0.2, 0) is 9.53 Å². The lowest BCUT2D eigenvalue weighted by Crippen LogP contribution is -2.55. The summed E-state index contributed by atoms with van der Waals surface area (Å²) in [7, 11) is 1.84. The fraction of sp³-hybridized carbons (Fsp3) is 0.900. The van der Waals surface area contributed by atoms with E-state index in [-0.39, 0.29) is 18.1 Å². The van der Waals surface area contributed by atoms with Gasteiger partial charge in [0, 0.05) is 20.1 Å². The van der Waals surface area contributed by atoms with Gasteiger partial charge in [-0.2, -0.15) is 0 Å². The number of morpholine rings is 1. The van der Waals surface area contributed by atoms with Crippen molar-refractivity contribution in [3.63, 3.8) is 0 Å².